The maximum atomic E-state index is 10.9. The fourth-order valence-electron chi connectivity index (χ4n) is 1.51. The summed E-state index contributed by atoms with van der Waals surface area (Å²) < 4.78 is 5.38. The zero-order chi connectivity index (χ0) is 13.8. The Balaban J connectivity index is 2.22. The van der Waals surface area contributed by atoms with Crippen LogP contribution in [0.2, 0.25) is 5.02 Å². The molecule has 0 atom stereocenters. The average Bonchev–Trinajstić information content (AvgIpc) is 2.37. The number of nitrogens with two attached hydrogens (primary N) is 1. The van der Waals surface area contributed by atoms with Crippen molar-refractivity contribution in [1.82, 2.24) is 4.98 Å². The van der Waals surface area contributed by atoms with Crippen molar-refractivity contribution in [3.8, 4) is 5.75 Å². The van der Waals surface area contributed by atoms with E-state index in [1.165, 1.54) is 18.2 Å². The number of ether oxygens (including phenoxy) is 1. The van der Waals surface area contributed by atoms with Gasteiger partial charge in [0, 0.05) is 6.07 Å². The first-order valence-corrected chi connectivity index (χ1v) is 5.73. The van der Waals surface area contributed by atoms with E-state index >= 15 is 0 Å². The van der Waals surface area contributed by atoms with Gasteiger partial charge in [-0.1, -0.05) is 23.7 Å². The number of hydrogen-bond acceptors (Lipinski definition) is 5. The minimum atomic E-state index is -0.548. The Labute approximate surface area is 113 Å². The summed E-state index contributed by atoms with van der Waals surface area (Å²) in [7, 11) is 0. The van der Waals surface area contributed by atoms with Crippen LogP contribution in [-0.2, 0) is 6.61 Å². The fraction of sp³-hybridized carbons (Fsp3) is 0.0833. The highest BCUT2D eigenvalue weighted by molar-refractivity contribution is 6.32. The molecule has 0 saturated carbocycles. The fourth-order valence-corrected chi connectivity index (χ4v) is 1.73. The third kappa shape index (κ3) is 3.11. The second kappa shape index (κ2) is 5.53. The number of anilines is 1. The number of para-hydroxylation sites is 1. The van der Waals surface area contributed by atoms with Gasteiger partial charge in [0.05, 0.1) is 15.6 Å². The first-order valence-electron chi connectivity index (χ1n) is 5.35. The largest absolute Gasteiger partial charge is 0.479 e. The molecule has 0 saturated heterocycles. The van der Waals surface area contributed by atoms with Crippen LogP contribution >= 0.6 is 11.6 Å². The van der Waals surface area contributed by atoms with Gasteiger partial charge in [-0.05, 0) is 18.2 Å². The summed E-state index contributed by atoms with van der Waals surface area (Å²) in [6.07, 6.45) is 0. The lowest BCUT2D eigenvalue weighted by Gasteiger charge is -2.08. The molecule has 0 fully saturated rings. The van der Waals surface area contributed by atoms with Gasteiger partial charge in [-0.2, -0.15) is 0 Å². The topological polar surface area (TPSA) is 91.3 Å². The lowest BCUT2D eigenvalue weighted by Crippen LogP contribution is -2.02. The number of halogens is 1. The molecule has 2 rings (SSSR count). The highest BCUT2D eigenvalue weighted by Gasteiger charge is 2.18. The van der Waals surface area contributed by atoms with Crippen molar-refractivity contribution in [2.24, 2.45) is 0 Å². The quantitative estimate of drug-likeness (QED) is 0.686. The second-order valence-corrected chi connectivity index (χ2v) is 4.09. The predicted octanol–water partition coefficient (Wildman–Crippen LogP) is 2.80. The van der Waals surface area contributed by atoms with Crippen LogP contribution in [0.5, 0.6) is 5.75 Å². The maximum Gasteiger partial charge on any atom is 0.312 e. The molecule has 0 spiro atoms. The Hall–Kier alpha value is -2.34. The summed E-state index contributed by atoms with van der Waals surface area (Å²) >= 11 is 5.90. The van der Waals surface area contributed by atoms with Gasteiger partial charge in [0.25, 0.3) is 0 Å². The standard InChI is InChI=1S/C12H10ClN3O3/c13-9-4-2-5-10(16(17)18)12(9)19-7-8-3-1-6-11(14)15-8/h1-6H,7H2,(H2,14,15). The summed E-state index contributed by atoms with van der Waals surface area (Å²) in [4.78, 5) is 14.4. The molecule has 0 bridgehead atoms. The van der Waals surface area contributed by atoms with Crippen molar-refractivity contribution in [2.75, 3.05) is 5.73 Å². The van der Waals surface area contributed by atoms with Gasteiger partial charge in [-0.25, -0.2) is 4.98 Å². The number of nitrogen functional groups attached to an aromatic ring is 1. The van der Waals surface area contributed by atoms with Crippen molar-refractivity contribution >= 4 is 23.1 Å². The lowest BCUT2D eigenvalue weighted by molar-refractivity contribution is -0.385. The third-order valence-electron chi connectivity index (χ3n) is 2.34. The number of nitro groups is 1. The molecular formula is C12H10ClN3O3. The molecular weight excluding hydrogens is 270 g/mol. The van der Waals surface area contributed by atoms with Crippen molar-refractivity contribution in [2.45, 2.75) is 6.61 Å². The van der Waals surface area contributed by atoms with Crippen LogP contribution in [-0.4, -0.2) is 9.91 Å². The van der Waals surface area contributed by atoms with Crippen molar-refractivity contribution in [3.63, 3.8) is 0 Å². The minimum absolute atomic E-state index is 0.0263. The van der Waals surface area contributed by atoms with Crippen molar-refractivity contribution in [3.05, 3.63) is 57.2 Å². The average molecular weight is 280 g/mol. The molecule has 98 valence electrons. The van der Waals surface area contributed by atoms with Crippen LogP contribution in [0.15, 0.2) is 36.4 Å². The number of nitro benzene ring substituents is 1. The Morgan fingerprint density at radius 3 is 2.74 bits per heavy atom. The van der Waals surface area contributed by atoms with E-state index in [1.54, 1.807) is 18.2 Å². The van der Waals surface area contributed by atoms with E-state index in [1.807, 2.05) is 0 Å². The van der Waals surface area contributed by atoms with E-state index in [4.69, 9.17) is 22.1 Å². The molecule has 0 aliphatic heterocycles. The summed E-state index contributed by atoms with van der Waals surface area (Å²) in [5.41, 5.74) is 5.91. The van der Waals surface area contributed by atoms with Gasteiger partial charge in [-0.15, -0.1) is 0 Å². The number of aromatic nitrogens is 1. The molecule has 7 heteroatoms. The van der Waals surface area contributed by atoms with Gasteiger partial charge in [0.2, 0.25) is 5.75 Å². The summed E-state index contributed by atoms with van der Waals surface area (Å²) in [6.45, 7) is 0.0512. The first-order chi connectivity index (χ1) is 9.08. The van der Waals surface area contributed by atoms with Crippen LogP contribution in [0.25, 0.3) is 0 Å². The molecule has 0 aliphatic carbocycles. The van der Waals surface area contributed by atoms with E-state index < -0.39 is 4.92 Å². The van der Waals surface area contributed by atoms with E-state index in [0.717, 1.165) is 0 Å². The SMILES string of the molecule is Nc1cccc(COc2c(Cl)cccc2[N+](=O)[O-])n1. The van der Waals surface area contributed by atoms with Gasteiger partial charge in [0.15, 0.2) is 0 Å². The molecule has 0 amide bonds. The number of hydrogen-bond donors (Lipinski definition) is 1. The van der Waals surface area contributed by atoms with Crippen LogP contribution in [0.4, 0.5) is 11.5 Å². The number of benzene rings is 1. The minimum Gasteiger partial charge on any atom is -0.479 e. The van der Waals surface area contributed by atoms with Crippen molar-refractivity contribution in [1.29, 1.82) is 0 Å². The normalized spacial score (nSPS) is 10.2. The number of rotatable bonds is 4. The summed E-state index contributed by atoms with van der Waals surface area (Å²) in [6, 6.07) is 9.42. The van der Waals surface area contributed by atoms with Gasteiger partial charge in [-0.3, -0.25) is 10.1 Å². The third-order valence-corrected chi connectivity index (χ3v) is 2.63. The maximum absolute atomic E-state index is 10.9. The lowest BCUT2D eigenvalue weighted by atomic mass is 10.3. The highest BCUT2D eigenvalue weighted by atomic mass is 35.5. The van der Waals surface area contributed by atoms with Crippen molar-refractivity contribution < 1.29 is 9.66 Å². The Morgan fingerprint density at radius 2 is 2.05 bits per heavy atom. The molecule has 1 aromatic heterocycles. The van der Waals surface area contributed by atoms with E-state index in [2.05, 4.69) is 4.98 Å². The van der Waals surface area contributed by atoms with Crippen LogP contribution in [0, 0.1) is 10.1 Å². The molecule has 2 N–H and O–H groups in total. The molecule has 6 nitrogen and oxygen atoms in total. The monoisotopic (exact) mass is 279 g/mol. The molecule has 2 aromatic rings. The number of pyridine rings is 1. The zero-order valence-electron chi connectivity index (χ0n) is 9.75. The van der Waals surface area contributed by atoms with E-state index in [-0.39, 0.29) is 23.1 Å². The molecule has 0 aliphatic rings. The van der Waals surface area contributed by atoms with Crippen LogP contribution < -0.4 is 10.5 Å². The molecule has 0 unspecified atom stereocenters. The number of nitrogens with zero attached hydrogens (tertiary/aromatic N) is 2. The molecule has 1 heterocycles. The summed E-state index contributed by atoms with van der Waals surface area (Å²) in [5.74, 6) is 0.383. The van der Waals surface area contributed by atoms with Gasteiger partial charge < -0.3 is 10.5 Å². The van der Waals surface area contributed by atoms with Gasteiger partial charge in [0.1, 0.15) is 12.4 Å². The molecule has 19 heavy (non-hydrogen) atoms. The van der Waals surface area contributed by atoms with E-state index in [0.29, 0.717) is 11.5 Å². The van der Waals surface area contributed by atoms with Crippen LogP contribution in [0.3, 0.4) is 0 Å². The molecule has 1 aromatic carbocycles. The van der Waals surface area contributed by atoms with Crippen LogP contribution in [0.1, 0.15) is 5.69 Å². The smallest absolute Gasteiger partial charge is 0.312 e. The Bertz CT molecular complexity index is 619. The predicted molar refractivity (Wildman–Crippen MR) is 71.1 cm³/mol. The first kappa shape index (κ1) is 13.1. The highest BCUT2D eigenvalue weighted by Crippen LogP contribution is 2.34. The molecule has 0 radical (unpaired) electrons. The second-order valence-electron chi connectivity index (χ2n) is 3.69. The zero-order valence-corrected chi connectivity index (χ0v) is 10.5. The Morgan fingerprint density at radius 1 is 1.32 bits per heavy atom. The van der Waals surface area contributed by atoms with Gasteiger partial charge >= 0.3 is 5.69 Å². The summed E-state index contributed by atoms with van der Waals surface area (Å²) in [5, 5.41) is 11.0. The van der Waals surface area contributed by atoms with E-state index in [9.17, 15) is 10.1 Å². The Kier molecular flexibility index (Phi) is 3.82.